The topological polar surface area (TPSA) is 45.4 Å². The number of rotatable bonds is 3. The Balaban J connectivity index is 1.82. The summed E-state index contributed by atoms with van der Waals surface area (Å²) in [4.78, 5) is 8.47. The van der Waals surface area contributed by atoms with E-state index in [4.69, 9.17) is 17.3 Å². The van der Waals surface area contributed by atoms with E-state index in [2.05, 4.69) is 35.7 Å². The molecule has 0 radical (unpaired) electrons. The monoisotopic (exact) mass is 362 g/mol. The van der Waals surface area contributed by atoms with E-state index in [9.17, 15) is 4.39 Å². The number of pyridine rings is 1. The van der Waals surface area contributed by atoms with E-state index in [1.807, 2.05) is 24.3 Å². The Labute approximate surface area is 153 Å². The first-order chi connectivity index (χ1) is 11.9. The summed E-state index contributed by atoms with van der Waals surface area (Å²) in [5.74, 6) is 0.00924. The van der Waals surface area contributed by atoms with E-state index in [1.165, 1.54) is 6.07 Å². The quantitative estimate of drug-likeness (QED) is 0.841. The van der Waals surface area contributed by atoms with Crippen molar-refractivity contribution in [3.63, 3.8) is 0 Å². The molecule has 134 valence electrons. The summed E-state index contributed by atoms with van der Waals surface area (Å²) in [6.07, 6.45) is 0. The minimum Gasteiger partial charge on any atom is -0.382 e. The third-order valence-corrected chi connectivity index (χ3v) is 5.27. The number of nitrogens with zero attached hydrogens (tertiary/aromatic N) is 3. The molecule has 0 unspecified atom stereocenters. The molecule has 3 rings (SSSR count). The van der Waals surface area contributed by atoms with Crippen molar-refractivity contribution in [2.45, 2.75) is 19.9 Å². The fourth-order valence-electron chi connectivity index (χ4n) is 3.39. The van der Waals surface area contributed by atoms with E-state index in [0.29, 0.717) is 17.5 Å². The van der Waals surface area contributed by atoms with Crippen LogP contribution in [0.2, 0.25) is 5.02 Å². The lowest BCUT2D eigenvalue weighted by atomic mass is 9.99. The van der Waals surface area contributed by atoms with Crippen molar-refractivity contribution >= 4 is 23.1 Å². The molecule has 0 spiro atoms. The van der Waals surface area contributed by atoms with Crippen LogP contribution >= 0.6 is 11.6 Å². The number of benzene rings is 1. The van der Waals surface area contributed by atoms with Crippen LogP contribution in [0.25, 0.3) is 11.1 Å². The fraction of sp³-hybridized carbons (Fsp3) is 0.421. The normalized spacial score (nSPS) is 18.8. The van der Waals surface area contributed by atoms with Crippen LogP contribution in [-0.2, 0) is 0 Å². The second-order valence-electron chi connectivity index (χ2n) is 6.98. The molecule has 1 fully saturated rings. The van der Waals surface area contributed by atoms with Gasteiger partial charge < -0.3 is 10.6 Å². The molecule has 6 heteroatoms. The third kappa shape index (κ3) is 3.72. The summed E-state index contributed by atoms with van der Waals surface area (Å²) in [6, 6.07) is 9.93. The van der Waals surface area contributed by atoms with Gasteiger partial charge in [0.05, 0.1) is 5.02 Å². The molecule has 0 saturated carbocycles. The van der Waals surface area contributed by atoms with Crippen LogP contribution in [0.3, 0.4) is 0 Å². The number of anilines is 2. The number of aromatic nitrogens is 1. The lowest BCUT2D eigenvalue weighted by Gasteiger charge is -2.42. The largest absolute Gasteiger partial charge is 0.382 e. The lowest BCUT2D eigenvalue weighted by Crippen LogP contribution is -2.53. The molecule has 4 nitrogen and oxygen atoms in total. The minimum absolute atomic E-state index is 0.0108. The van der Waals surface area contributed by atoms with Crippen LogP contribution in [0.5, 0.6) is 0 Å². The Morgan fingerprint density at radius 3 is 2.56 bits per heavy atom. The first-order valence-electron chi connectivity index (χ1n) is 8.54. The Kier molecular flexibility index (Phi) is 5.16. The van der Waals surface area contributed by atoms with Gasteiger partial charge in [0.25, 0.3) is 0 Å². The average molecular weight is 363 g/mol. The summed E-state index contributed by atoms with van der Waals surface area (Å²) in [5, 5.41) is 0.263. The van der Waals surface area contributed by atoms with Gasteiger partial charge in [0.15, 0.2) is 0 Å². The maximum atomic E-state index is 14.1. The van der Waals surface area contributed by atoms with Crippen LogP contribution in [0.4, 0.5) is 15.9 Å². The zero-order chi connectivity index (χ0) is 18.1. The van der Waals surface area contributed by atoms with Gasteiger partial charge in [-0.1, -0.05) is 37.6 Å². The Bertz CT molecular complexity index is 748. The van der Waals surface area contributed by atoms with Crippen molar-refractivity contribution in [3.8, 4) is 11.1 Å². The predicted molar refractivity (Wildman–Crippen MR) is 103 cm³/mol. The maximum absolute atomic E-state index is 14.1. The first kappa shape index (κ1) is 18.0. The summed E-state index contributed by atoms with van der Waals surface area (Å²) >= 11 is 5.98. The van der Waals surface area contributed by atoms with Gasteiger partial charge in [0.2, 0.25) is 5.95 Å². The molecular formula is C19H24ClFN4. The van der Waals surface area contributed by atoms with Gasteiger partial charge in [-0.25, -0.2) is 4.98 Å². The van der Waals surface area contributed by atoms with Gasteiger partial charge in [-0.15, -0.1) is 0 Å². The first-order valence-corrected chi connectivity index (χ1v) is 8.91. The fourth-order valence-corrected chi connectivity index (χ4v) is 3.54. The maximum Gasteiger partial charge on any atom is 0.222 e. The molecule has 1 aliphatic heterocycles. The van der Waals surface area contributed by atoms with Crippen molar-refractivity contribution in [2.75, 3.05) is 37.3 Å². The third-order valence-electron chi connectivity index (χ3n) is 4.97. The van der Waals surface area contributed by atoms with Gasteiger partial charge in [0.1, 0.15) is 5.82 Å². The van der Waals surface area contributed by atoms with Gasteiger partial charge in [-0.2, -0.15) is 4.39 Å². The van der Waals surface area contributed by atoms with E-state index in [-0.39, 0.29) is 10.8 Å². The smallest absolute Gasteiger partial charge is 0.222 e. The second-order valence-corrected chi connectivity index (χ2v) is 7.39. The Hall–Kier alpha value is -1.85. The lowest BCUT2D eigenvalue weighted by molar-refractivity contribution is 0.173. The Morgan fingerprint density at radius 1 is 1.24 bits per heavy atom. The number of hydrogen-bond donors (Lipinski definition) is 1. The van der Waals surface area contributed by atoms with E-state index in [1.54, 1.807) is 0 Å². The highest BCUT2D eigenvalue weighted by Crippen LogP contribution is 2.30. The van der Waals surface area contributed by atoms with Gasteiger partial charge in [0, 0.05) is 36.9 Å². The van der Waals surface area contributed by atoms with Crippen LogP contribution in [-0.4, -0.2) is 42.6 Å². The second kappa shape index (κ2) is 7.18. The van der Waals surface area contributed by atoms with E-state index in [0.717, 1.165) is 30.9 Å². The standard InChI is InChI=1S/C19H24ClFN4/c1-12(2)17-11-25(9-8-24(17)3)14-6-4-13(5-7-14)15-10-16(20)19(22)23-18(15)21/h4-7,10,12,17H,8-9,11H2,1-3H3,(H2,22,23)/t17-/m0/s1. The van der Waals surface area contributed by atoms with Crippen LogP contribution in [0, 0.1) is 11.9 Å². The Morgan fingerprint density at radius 2 is 1.92 bits per heavy atom. The number of likely N-dealkylation sites (N-methyl/N-ethyl adjacent to an activating group) is 1. The molecular weight excluding hydrogens is 339 g/mol. The molecule has 2 aromatic rings. The predicted octanol–water partition coefficient (Wildman–Crippen LogP) is 3.90. The zero-order valence-corrected chi connectivity index (χ0v) is 15.6. The van der Waals surface area contributed by atoms with Crippen LogP contribution in [0.1, 0.15) is 13.8 Å². The molecule has 0 aliphatic carbocycles. The molecule has 1 aliphatic rings. The van der Waals surface area contributed by atoms with Crippen molar-refractivity contribution in [1.82, 2.24) is 9.88 Å². The molecule has 1 saturated heterocycles. The summed E-state index contributed by atoms with van der Waals surface area (Å²) in [5.41, 5.74) is 7.80. The number of halogens is 2. The van der Waals surface area contributed by atoms with Gasteiger partial charge in [-0.3, -0.25) is 4.90 Å². The molecule has 1 aromatic heterocycles. The highest BCUT2D eigenvalue weighted by molar-refractivity contribution is 6.33. The van der Waals surface area contributed by atoms with Crippen molar-refractivity contribution in [3.05, 3.63) is 41.3 Å². The van der Waals surface area contributed by atoms with E-state index < -0.39 is 5.95 Å². The molecule has 0 bridgehead atoms. The zero-order valence-electron chi connectivity index (χ0n) is 14.8. The number of nitrogen functional groups attached to an aromatic ring is 1. The molecule has 1 aromatic carbocycles. The molecule has 25 heavy (non-hydrogen) atoms. The highest BCUT2D eigenvalue weighted by atomic mass is 35.5. The van der Waals surface area contributed by atoms with Crippen molar-refractivity contribution < 1.29 is 4.39 Å². The summed E-state index contributed by atoms with van der Waals surface area (Å²) < 4.78 is 14.1. The SMILES string of the molecule is CC(C)[C@@H]1CN(c2ccc(-c3cc(Cl)c(N)nc3F)cc2)CCN1C. The minimum atomic E-state index is -0.603. The summed E-state index contributed by atoms with van der Waals surface area (Å²) in [6.45, 7) is 7.54. The van der Waals surface area contributed by atoms with E-state index >= 15 is 0 Å². The number of piperazine rings is 1. The number of hydrogen-bond acceptors (Lipinski definition) is 4. The average Bonchev–Trinajstić information content (AvgIpc) is 2.58. The van der Waals surface area contributed by atoms with Crippen LogP contribution in [0.15, 0.2) is 30.3 Å². The highest BCUT2D eigenvalue weighted by Gasteiger charge is 2.26. The van der Waals surface area contributed by atoms with Crippen molar-refractivity contribution in [1.29, 1.82) is 0 Å². The summed E-state index contributed by atoms with van der Waals surface area (Å²) in [7, 11) is 2.19. The molecule has 2 heterocycles. The van der Waals surface area contributed by atoms with Crippen molar-refractivity contribution in [2.24, 2.45) is 5.92 Å². The molecule has 1 atom stereocenters. The molecule has 0 amide bonds. The van der Waals surface area contributed by atoms with Crippen LogP contribution < -0.4 is 10.6 Å². The van der Waals surface area contributed by atoms with Gasteiger partial charge in [-0.05, 0) is 36.7 Å². The van der Waals surface area contributed by atoms with Gasteiger partial charge >= 0.3 is 0 Å². The molecule has 2 N–H and O–H groups in total. The number of nitrogens with two attached hydrogens (primary N) is 1.